The minimum absolute atomic E-state index is 0.0572. The number of likely N-dealkylation sites (tertiary alicyclic amines) is 1. The molecule has 138 valence electrons. The topological polar surface area (TPSA) is 52.6 Å². The Morgan fingerprint density at radius 1 is 1.15 bits per heavy atom. The number of hydrogen-bond donors (Lipinski definition) is 2. The van der Waals surface area contributed by atoms with Crippen LogP contribution in [-0.2, 0) is 17.8 Å². The minimum Gasteiger partial charge on any atom is -0.392 e. The molecule has 0 spiro atoms. The molecule has 1 heterocycles. The first-order valence-corrected chi connectivity index (χ1v) is 9.87. The van der Waals surface area contributed by atoms with Crippen LogP contribution in [0.5, 0.6) is 0 Å². The fraction of sp³-hybridized carbons (Fsp3) is 0.381. The molecule has 2 aromatic carbocycles. The van der Waals surface area contributed by atoms with E-state index in [0.29, 0.717) is 32.4 Å². The Balaban J connectivity index is 1.47. The standard InChI is InChI=1S/C21H25BrN2O2/c22-20-9-5-4-8-17(20)10-11-21(26)23-13-18-12-19(25)15-24(18)14-16-6-2-1-3-7-16/h1-9,18-19,25H,10-15H2,(H,23,26)/t18-,19-/m0/s1. The molecule has 4 nitrogen and oxygen atoms in total. The summed E-state index contributed by atoms with van der Waals surface area (Å²) in [5, 5.41) is 13.1. The van der Waals surface area contributed by atoms with Crippen LogP contribution in [0, 0.1) is 0 Å². The third kappa shape index (κ3) is 5.40. The molecule has 2 atom stereocenters. The van der Waals surface area contributed by atoms with Gasteiger partial charge in [0.25, 0.3) is 0 Å². The average Bonchev–Trinajstić information content (AvgIpc) is 2.99. The largest absolute Gasteiger partial charge is 0.392 e. The summed E-state index contributed by atoms with van der Waals surface area (Å²) in [6, 6.07) is 18.4. The highest BCUT2D eigenvalue weighted by Gasteiger charge is 2.30. The van der Waals surface area contributed by atoms with Gasteiger partial charge in [-0.05, 0) is 30.0 Å². The van der Waals surface area contributed by atoms with Gasteiger partial charge in [0.2, 0.25) is 5.91 Å². The molecule has 1 amide bonds. The molecule has 26 heavy (non-hydrogen) atoms. The fourth-order valence-corrected chi connectivity index (χ4v) is 3.93. The number of nitrogens with one attached hydrogen (secondary N) is 1. The monoisotopic (exact) mass is 416 g/mol. The maximum absolute atomic E-state index is 12.2. The first-order chi connectivity index (χ1) is 12.6. The van der Waals surface area contributed by atoms with Gasteiger partial charge in [0.15, 0.2) is 0 Å². The third-order valence-corrected chi connectivity index (χ3v) is 5.62. The molecule has 3 rings (SSSR count). The average molecular weight is 417 g/mol. The van der Waals surface area contributed by atoms with Crippen molar-refractivity contribution >= 4 is 21.8 Å². The number of carbonyl (C=O) groups is 1. The van der Waals surface area contributed by atoms with Gasteiger partial charge in [0.05, 0.1) is 6.10 Å². The molecule has 1 aliphatic heterocycles. The van der Waals surface area contributed by atoms with Crippen LogP contribution in [0.25, 0.3) is 0 Å². The minimum atomic E-state index is -0.319. The van der Waals surface area contributed by atoms with Crippen LogP contribution >= 0.6 is 15.9 Å². The maximum atomic E-state index is 12.2. The highest BCUT2D eigenvalue weighted by atomic mass is 79.9. The van der Waals surface area contributed by atoms with E-state index in [1.165, 1.54) is 5.56 Å². The number of rotatable bonds is 7. The zero-order chi connectivity index (χ0) is 18.4. The quantitative estimate of drug-likeness (QED) is 0.728. The van der Waals surface area contributed by atoms with Crippen molar-refractivity contribution in [3.63, 3.8) is 0 Å². The van der Waals surface area contributed by atoms with E-state index < -0.39 is 0 Å². The van der Waals surface area contributed by atoms with Crippen molar-refractivity contribution in [2.45, 2.75) is 38.0 Å². The van der Waals surface area contributed by atoms with E-state index in [1.807, 2.05) is 42.5 Å². The number of β-amino-alcohol motifs (C(OH)–C–C–N with tert-alkyl or cyclic N) is 1. The van der Waals surface area contributed by atoms with E-state index in [9.17, 15) is 9.90 Å². The molecule has 1 saturated heterocycles. The Labute approximate surface area is 163 Å². The molecule has 0 aliphatic carbocycles. The third-order valence-electron chi connectivity index (χ3n) is 4.85. The summed E-state index contributed by atoms with van der Waals surface area (Å²) in [7, 11) is 0. The van der Waals surface area contributed by atoms with Crippen molar-refractivity contribution in [1.82, 2.24) is 10.2 Å². The van der Waals surface area contributed by atoms with E-state index >= 15 is 0 Å². The van der Waals surface area contributed by atoms with Crippen molar-refractivity contribution in [3.05, 3.63) is 70.2 Å². The van der Waals surface area contributed by atoms with Gasteiger partial charge in [-0.3, -0.25) is 9.69 Å². The zero-order valence-electron chi connectivity index (χ0n) is 14.8. The van der Waals surface area contributed by atoms with Crippen molar-refractivity contribution in [2.75, 3.05) is 13.1 Å². The van der Waals surface area contributed by atoms with Gasteiger partial charge in [-0.1, -0.05) is 64.5 Å². The number of aliphatic hydroxyl groups is 1. The molecule has 0 aromatic heterocycles. The molecular formula is C21H25BrN2O2. The molecule has 5 heteroatoms. The second kappa shape index (κ2) is 9.31. The number of carbonyl (C=O) groups excluding carboxylic acids is 1. The lowest BCUT2D eigenvalue weighted by Crippen LogP contribution is -2.39. The number of hydrogen-bond acceptors (Lipinski definition) is 3. The van der Waals surface area contributed by atoms with Crippen LogP contribution < -0.4 is 5.32 Å². The van der Waals surface area contributed by atoms with Crippen LogP contribution in [-0.4, -0.2) is 41.1 Å². The highest BCUT2D eigenvalue weighted by Crippen LogP contribution is 2.20. The second-order valence-electron chi connectivity index (χ2n) is 6.85. The molecule has 0 saturated carbocycles. The van der Waals surface area contributed by atoms with Crippen LogP contribution in [0.15, 0.2) is 59.1 Å². The molecule has 0 radical (unpaired) electrons. The molecule has 2 aromatic rings. The Morgan fingerprint density at radius 2 is 1.88 bits per heavy atom. The SMILES string of the molecule is O=C(CCc1ccccc1Br)NC[C@@H]1C[C@H](O)CN1Cc1ccccc1. The van der Waals surface area contributed by atoms with Crippen LogP contribution in [0.4, 0.5) is 0 Å². The van der Waals surface area contributed by atoms with E-state index in [2.05, 4.69) is 38.3 Å². The number of halogens is 1. The summed E-state index contributed by atoms with van der Waals surface area (Å²) in [5.74, 6) is 0.0572. The normalized spacial score (nSPS) is 20.2. The molecular weight excluding hydrogens is 392 g/mol. The summed E-state index contributed by atoms with van der Waals surface area (Å²) in [5.41, 5.74) is 2.37. The summed E-state index contributed by atoms with van der Waals surface area (Å²) >= 11 is 3.52. The van der Waals surface area contributed by atoms with Crippen LogP contribution in [0.3, 0.4) is 0 Å². The lowest BCUT2D eigenvalue weighted by Gasteiger charge is -2.24. The number of benzene rings is 2. The Bertz CT molecular complexity index is 723. The lowest BCUT2D eigenvalue weighted by molar-refractivity contribution is -0.121. The smallest absolute Gasteiger partial charge is 0.220 e. The van der Waals surface area contributed by atoms with E-state index in [4.69, 9.17) is 0 Å². The number of aliphatic hydroxyl groups excluding tert-OH is 1. The number of aryl methyl sites for hydroxylation is 1. The predicted molar refractivity (Wildman–Crippen MR) is 107 cm³/mol. The molecule has 1 fully saturated rings. The number of nitrogens with zero attached hydrogens (tertiary/aromatic N) is 1. The van der Waals surface area contributed by atoms with Gasteiger partial charge >= 0.3 is 0 Å². The molecule has 1 aliphatic rings. The van der Waals surface area contributed by atoms with Gasteiger partial charge in [-0.15, -0.1) is 0 Å². The predicted octanol–water partition coefficient (Wildman–Crippen LogP) is 3.13. The number of amides is 1. The summed E-state index contributed by atoms with van der Waals surface area (Å²) in [4.78, 5) is 14.5. The summed E-state index contributed by atoms with van der Waals surface area (Å²) in [6.45, 7) is 2.04. The molecule has 0 bridgehead atoms. The van der Waals surface area contributed by atoms with Crippen molar-refractivity contribution in [3.8, 4) is 0 Å². The van der Waals surface area contributed by atoms with E-state index in [0.717, 1.165) is 16.6 Å². The maximum Gasteiger partial charge on any atom is 0.220 e. The zero-order valence-corrected chi connectivity index (χ0v) is 16.4. The van der Waals surface area contributed by atoms with E-state index in [-0.39, 0.29) is 18.1 Å². The summed E-state index contributed by atoms with van der Waals surface area (Å²) < 4.78 is 1.04. The Morgan fingerprint density at radius 3 is 2.65 bits per heavy atom. The first kappa shape index (κ1) is 19.1. The van der Waals surface area contributed by atoms with Gasteiger partial charge in [0.1, 0.15) is 0 Å². The molecule has 0 unspecified atom stereocenters. The van der Waals surface area contributed by atoms with Gasteiger partial charge in [-0.2, -0.15) is 0 Å². The Kier molecular flexibility index (Phi) is 6.83. The van der Waals surface area contributed by atoms with Crippen LogP contribution in [0.1, 0.15) is 24.0 Å². The van der Waals surface area contributed by atoms with Gasteiger partial charge in [0, 0.05) is 36.6 Å². The first-order valence-electron chi connectivity index (χ1n) is 9.08. The fourth-order valence-electron chi connectivity index (χ4n) is 3.45. The van der Waals surface area contributed by atoms with Crippen molar-refractivity contribution in [1.29, 1.82) is 0 Å². The van der Waals surface area contributed by atoms with Gasteiger partial charge in [-0.25, -0.2) is 0 Å². The second-order valence-corrected chi connectivity index (χ2v) is 7.71. The van der Waals surface area contributed by atoms with Crippen molar-refractivity contribution < 1.29 is 9.90 Å². The van der Waals surface area contributed by atoms with Crippen molar-refractivity contribution in [2.24, 2.45) is 0 Å². The highest BCUT2D eigenvalue weighted by molar-refractivity contribution is 9.10. The molecule has 2 N–H and O–H groups in total. The van der Waals surface area contributed by atoms with E-state index in [1.54, 1.807) is 0 Å². The van der Waals surface area contributed by atoms with Gasteiger partial charge < -0.3 is 10.4 Å². The summed E-state index contributed by atoms with van der Waals surface area (Å²) in [6.07, 6.45) is 1.57. The van der Waals surface area contributed by atoms with Crippen LogP contribution in [0.2, 0.25) is 0 Å². The lowest BCUT2D eigenvalue weighted by atomic mass is 10.1. The Hall–Kier alpha value is -1.69.